The zero-order chi connectivity index (χ0) is 24.3. The van der Waals surface area contributed by atoms with Crippen molar-refractivity contribution in [2.45, 2.75) is 32.6 Å². The van der Waals surface area contributed by atoms with Gasteiger partial charge in [-0.05, 0) is 68.2 Å². The number of nitrogens with zero attached hydrogens (tertiary/aromatic N) is 2. The van der Waals surface area contributed by atoms with Crippen molar-refractivity contribution in [3.63, 3.8) is 0 Å². The fourth-order valence-electron chi connectivity index (χ4n) is 3.48. The summed E-state index contributed by atoms with van der Waals surface area (Å²) < 4.78 is 60.7. The second-order valence-corrected chi connectivity index (χ2v) is 11.1. The first-order valence-corrected chi connectivity index (χ1v) is 14.3. The van der Waals surface area contributed by atoms with Crippen molar-refractivity contribution >= 4 is 32.0 Å². The van der Waals surface area contributed by atoms with Crippen molar-refractivity contribution in [3.05, 3.63) is 59.8 Å². The zero-order valence-electron chi connectivity index (χ0n) is 19.0. The van der Waals surface area contributed by atoms with Gasteiger partial charge in [0.2, 0.25) is 0 Å². The highest BCUT2D eigenvalue weighted by molar-refractivity contribution is 7.86. The summed E-state index contributed by atoms with van der Waals surface area (Å²) in [5.41, 5.74) is 3.24. The molecule has 0 atom stereocenters. The van der Waals surface area contributed by atoms with E-state index in [1.807, 2.05) is 48.7 Å². The van der Waals surface area contributed by atoms with Crippen LogP contribution in [0.25, 0.3) is 6.08 Å². The lowest BCUT2D eigenvalue weighted by Crippen LogP contribution is -2.24. The highest BCUT2D eigenvalue weighted by Crippen LogP contribution is 2.18. The molecule has 10 heteroatoms. The largest absolute Gasteiger partial charge is 0.374 e. The van der Waals surface area contributed by atoms with Crippen molar-refractivity contribution < 1.29 is 25.9 Å². The van der Waals surface area contributed by atoms with E-state index in [0.29, 0.717) is 25.7 Å². The fourth-order valence-corrected chi connectivity index (χ4v) is 4.62. The van der Waals surface area contributed by atoms with E-state index in [1.54, 1.807) is 0 Å². The molecule has 0 saturated carbocycles. The molecule has 0 saturated heterocycles. The summed E-state index contributed by atoms with van der Waals surface area (Å²) in [6.45, 7) is 5.08. The van der Waals surface area contributed by atoms with Crippen molar-refractivity contribution in [3.8, 4) is 0 Å². The van der Waals surface area contributed by atoms with Gasteiger partial charge >= 0.3 is 0 Å². The summed E-state index contributed by atoms with van der Waals surface area (Å²) in [7, 11) is -7.77. The number of unbranched alkanes of at least 4 members (excludes halogenated alkanes) is 2. The molecule has 0 fully saturated rings. The van der Waals surface area contributed by atoms with Crippen LogP contribution in [0.3, 0.4) is 0 Å². The predicted molar refractivity (Wildman–Crippen MR) is 133 cm³/mol. The lowest BCUT2D eigenvalue weighted by atomic mass is 10.1. The van der Waals surface area contributed by atoms with E-state index in [-0.39, 0.29) is 11.5 Å². The molecule has 1 aliphatic heterocycles. The van der Waals surface area contributed by atoms with E-state index in [2.05, 4.69) is 22.8 Å². The zero-order valence-corrected chi connectivity index (χ0v) is 20.6. The Bertz CT molecular complexity index is 1040. The smallest absolute Gasteiger partial charge is 0.264 e. The topological polar surface area (TPSA) is 115 Å². The Labute approximate surface area is 197 Å². The molecular weight excluding hydrogens is 464 g/mol. The Morgan fingerprint density at radius 2 is 1.58 bits per heavy atom. The molecule has 0 amide bonds. The van der Waals surface area contributed by atoms with E-state index >= 15 is 0 Å². The molecule has 8 nitrogen and oxygen atoms in total. The fraction of sp³-hybridized carbons (Fsp3) is 0.478. The predicted octanol–water partition coefficient (Wildman–Crippen LogP) is 3.62. The molecular formula is C23H34N2O6S2. The SMILES string of the molecule is CCN(CCCCS(=O)(=O)O)c1ccc(C=CC2=CCN(CCCCS(=O)(=O)O)C=C2)cc1. The van der Waals surface area contributed by atoms with Crippen LogP contribution in [0.1, 0.15) is 38.2 Å². The number of rotatable bonds is 14. The summed E-state index contributed by atoms with van der Waals surface area (Å²) in [5, 5.41) is 0. The maximum absolute atomic E-state index is 10.8. The molecule has 0 aromatic heterocycles. The molecule has 0 unspecified atom stereocenters. The monoisotopic (exact) mass is 498 g/mol. The van der Waals surface area contributed by atoms with Gasteiger partial charge in [0.1, 0.15) is 0 Å². The van der Waals surface area contributed by atoms with Gasteiger partial charge in [0.15, 0.2) is 0 Å². The second kappa shape index (κ2) is 12.9. The Hall–Kier alpha value is -2.14. The number of hydrogen-bond acceptors (Lipinski definition) is 6. The average molecular weight is 499 g/mol. The van der Waals surface area contributed by atoms with Crippen molar-refractivity contribution in [1.29, 1.82) is 0 Å². The molecule has 1 aliphatic rings. The molecule has 1 aromatic carbocycles. The van der Waals surface area contributed by atoms with Crippen LogP contribution in [0.4, 0.5) is 5.69 Å². The van der Waals surface area contributed by atoms with Crippen LogP contribution >= 0.6 is 0 Å². The number of hydrogen-bond donors (Lipinski definition) is 2. The summed E-state index contributed by atoms with van der Waals surface area (Å²) in [5.74, 6) is -0.401. The van der Waals surface area contributed by atoms with Gasteiger partial charge in [0.25, 0.3) is 20.2 Å². The molecule has 0 bridgehead atoms. The van der Waals surface area contributed by atoms with E-state index in [4.69, 9.17) is 9.11 Å². The maximum atomic E-state index is 10.8. The highest BCUT2D eigenvalue weighted by atomic mass is 32.2. The molecule has 184 valence electrons. The number of benzene rings is 1. The minimum atomic E-state index is -3.89. The van der Waals surface area contributed by atoms with Gasteiger partial charge in [0.05, 0.1) is 11.5 Å². The normalized spacial score (nSPS) is 14.6. The first-order chi connectivity index (χ1) is 15.6. The Morgan fingerprint density at radius 1 is 0.939 bits per heavy atom. The third-order valence-corrected chi connectivity index (χ3v) is 6.93. The molecule has 1 heterocycles. The molecule has 2 rings (SSSR count). The molecule has 0 radical (unpaired) electrons. The van der Waals surface area contributed by atoms with E-state index in [1.165, 1.54) is 0 Å². The van der Waals surface area contributed by atoms with Gasteiger partial charge in [-0.25, -0.2) is 0 Å². The summed E-state index contributed by atoms with van der Waals surface area (Å²) in [4.78, 5) is 4.28. The minimum Gasteiger partial charge on any atom is -0.374 e. The lowest BCUT2D eigenvalue weighted by molar-refractivity contribution is 0.398. The van der Waals surface area contributed by atoms with Crippen molar-refractivity contribution in [1.82, 2.24) is 4.90 Å². The van der Waals surface area contributed by atoms with E-state index in [9.17, 15) is 16.8 Å². The van der Waals surface area contributed by atoms with Crippen LogP contribution in [0.5, 0.6) is 0 Å². The Morgan fingerprint density at radius 3 is 2.12 bits per heavy atom. The standard InChI is InChI=1S/C23H34N2O6S2/c1-2-25(16-4-6-20-33(29,30)31)23-11-9-21(10-12-23)7-8-22-13-17-24(18-14-22)15-3-5-19-32(26,27)28/h7-14,17H,2-6,15-16,18-20H2,1H3,(H,26,27,28)(H,29,30,31). The van der Waals surface area contributed by atoms with Crippen LogP contribution in [0.2, 0.25) is 0 Å². The molecule has 1 aromatic rings. The van der Waals surface area contributed by atoms with E-state index in [0.717, 1.165) is 43.0 Å². The van der Waals surface area contributed by atoms with Gasteiger partial charge in [-0.2, -0.15) is 16.8 Å². The van der Waals surface area contributed by atoms with Gasteiger partial charge in [-0.1, -0.05) is 30.4 Å². The number of allylic oxidation sites excluding steroid dienone is 3. The molecule has 2 N–H and O–H groups in total. The van der Waals surface area contributed by atoms with Gasteiger partial charge < -0.3 is 9.80 Å². The molecule has 33 heavy (non-hydrogen) atoms. The summed E-state index contributed by atoms with van der Waals surface area (Å²) >= 11 is 0. The summed E-state index contributed by atoms with van der Waals surface area (Å²) in [6.07, 6.45) is 12.5. The van der Waals surface area contributed by atoms with Crippen LogP contribution in [0.15, 0.2) is 54.3 Å². The third-order valence-electron chi connectivity index (χ3n) is 5.33. The molecule has 0 spiro atoms. The third kappa shape index (κ3) is 11.5. The van der Waals surface area contributed by atoms with Crippen LogP contribution < -0.4 is 4.90 Å². The Kier molecular flexibility index (Phi) is 10.6. The van der Waals surface area contributed by atoms with Crippen molar-refractivity contribution in [2.24, 2.45) is 0 Å². The van der Waals surface area contributed by atoms with Gasteiger partial charge in [0, 0.05) is 31.9 Å². The van der Waals surface area contributed by atoms with Crippen LogP contribution in [0, 0.1) is 0 Å². The number of anilines is 1. The molecule has 0 aliphatic carbocycles. The quantitative estimate of drug-likeness (QED) is 0.295. The minimum absolute atomic E-state index is 0.197. The van der Waals surface area contributed by atoms with Crippen molar-refractivity contribution in [2.75, 3.05) is 42.6 Å². The Balaban J connectivity index is 1.79. The average Bonchev–Trinajstić information content (AvgIpc) is 2.75. The van der Waals surface area contributed by atoms with Gasteiger partial charge in [-0.3, -0.25) is 9.11 Å². The highest BCUT2D eigenvalue weighted by Gasteiger charge is 2.08. The van der Waals surface area contributed by atoms with Crippen LogP contribution in [-0.4, -0.2) is 68.5 Å². The lowest BCUT2D eigenvalue weighted by Gasteiger charge is -2.23. The second-order valence-electron chi connectivity index (χ2n) is 8.01. The van der Waals surface area contributed by atoms with Gasteiger partial charge in [-0.15, -0.1) is 0 Å². The van der Waals surface area contributed by atoms with Crippen LogP contribution in [-0.2, 0) is 20.2 Å². The first-order valence-electron chi connectivity index (χ1n) is 11.1. The summed E-state index contributed by atoms with van der Waals surface area (Å²) in [6, 6.07) is 8.18. The maximum Gasteiger partial charge on any atom is 0.264 e. The van der Waals surface area contributed by atoms with E-state index < -0.39 is 20.2 Å². The first kappa shape index (κ1) is 27.1.